The minimum absolute atomic E-state index is 0.468. The van der Waals surface area contributed by atoms with E-state index >= 15 is 0 Å². The number of hydrogen-bond donors (Lipinski definition) is 0. The Balaban J connectivity index is 3.87. The average Bonchev–Trinajstić information content (AvgIpc) is 2.97. The van der Waals surface area contributed by atoms with Crippen LogP contribution in [0.25, 0.3) is 0 Å². The number of likely N-dealkylation sites (N-methyl/N-ethyl adjacent to an activating group) is 1. The van der Waals surface area contributed by atoms with Crippen molar-refractivity contribution < 1.29 is 13.8 Å². The molecule has 0 fully saturated rings. The number of carbonyl (C=O) groups excluding carboxylic acids is 1. The number of hydrogen-bond acceptors (Lipinski definition) is 2. The number of carbonyl (C=O) groups is 1. The quantitative estimate of drug-likeness (QED) is 0.0392. The molecule has 0 aliphatic rings. The van der Waals surface area contributed by atoms with Crippen LogP contribution in [0.15, 0.2) is 0 Å². The van der Waals surface area contributed by atoms with Gasteiger partial charge in [-0.2, -0.15) is 0 Å². The van der Waals surface area contributed by atoms with Crippen molar-refractivity contribution in [2.75, 3.05) is 40.5 Å². The molecule has 0 aromatic heterocycles. The first-order valence-corrected chi connectivity index (χ1v) is 21.3. The summed E-state index contributed by atoms with van der Waals surface area (Å²) >= 11 is 0. The Morgan fingerprint density at radius 3 is 1.09 bits per heavy atom. The van der Waals surface area contributed by atoms with Crippen LogP contribution in [0, 0.1) is 0 Å². The molecule has 0 saturated carbocycles. The Kier molecular flexibility index (Phi) is 33.4. The molecular weight excluding hydrogens is 545 g/mol. The van der Waals surface area contributed by atoms with E-state index < -0.39 is 8.15 Å². The summed E-state index contributed by atoms with van der Waals surface area (Å²) in [6.07, 6.45) is 41.7. The smallest absolute Gasteiger partial charge is 0.0654 e. The Bertz CT molecular complexity index is 562. The van der Waals surface area contributed by atoms with Crippen molar-refractivity contribution in [3.05, 3.63) is 0 Å². The Morgan fingerprint density at radius 1 is 0.465 bits per heavy atom. The molecule has 0 radical (unpaired) electrons. The van der Waals surface area contributed by atoms with E-state index in [1.807, 2.05) is 0 Å². The topological polar surface area (TPSA) is 26.3 Å². The van der Waals surface area contributed by atoms with Crippen LogP contribution in [0.2, 0.25) is 0 Å². The van der Waals surface area contributed by atoms with E-state index in [9.17, 15) is 4.79 Å². The minimum atomic E-state index is -1.33. The van der Waals surface area contributed by atoms with Gasteiger partial charge in [-0.25, -0.2) is 0 Å². The van der Waals surface area contributed by atoms with Gasteiger partial charge in [0.1, 0.15) is 0 Å². The van der Waals surface area contributed by atoms with Gasteiger partial charge >= 0.3 is 209 Å². The maximum absolute atomic E-state index is 13.1. The predicted molar refractivity (Wildman–Crippen MR) is 197 cm³/mol. The molecule has 43 heavy (non-hydrogen) atoms. The Hall–Kier alpha value is 0.0200. The molecule has 0 saturated heterocycles. The standard InChI is InChI=1S/C39H82NO2P/c1-6-8-10-12-14-16-18-20-21-22-24-26-28-30-32-34-38-43(42-37-36-40(3,4)5)39(41)35-33-31-29-27-25-23-19-17-15-13-11-9-7-2/h43H,6-38H2,1-5H3. The van der Waals surface area contributed by atoms with E-state index in [4.69, 9.17) is 4.52 Å². The van der Waals surface area contributed by atoms with Gasteiger partial charge in [-0.1, -0.05) is 65.2 Å². The second-order valence-corrected chi connectivity index (χ2v) is 16.9. The monoisotopic (exact) mass is 628 g/mol. The van der Waals surface area contributed by atoms with Gasteiger partial charge in [0, 0.05) is 0 Å². The van der Waals surface area contributed by atoms with Crippen LogP contribution >= 0.6 is 8.15 Å². The molecule has 0 amide bonds. The average molecular weight is 628 g/mol. The molecule has 0 aliphatic heterocycles. The van der Waals surface area contributed by atoms with Gasteiger partial charge in [-0.05, 0) is 0 Å². The van der Waals surface area contributed by atoms with Gasteiger partial charge in [0.15, 0.2) is 0 Å². The van der Waals surface area contributed by atoms with Gasteiger partial charge in [0.2, 0.25) is 0 Å². The molecule has 1 unspecified atom stereocenters. The Morgan fingerprint density at radius 2 is 0.767 bits per heavy atom. The number of unbranched alkanes of at least 4 members (excludes halogenated alkanes) is 27. The van der Waals surface area contributed by atoms with Gasteiger partial charge in [0.25, 0.3) is 0 Å². The van der Waals surface area contributed by atoms with Crippen molar-refractivity contribution in [3.63, 3.8) is 0 Å². The van der Waals surface area contributed by atoms with Gasteiger partial charge < -0.3 is 0 Å². The molecule has 0 aromatic rings. The molecule has 1 atom stereocenters. The first-order valence-electron chi connectivity index (χ1n) is 19.7. The van der Waals surface area contributed by atoms with E-state index in [-0.39, 0.29) is 0 Å². The minimum Gasteiger partial charge on any atom is -0.0654 e. The van der Waals surface area contributed by atoms with Crippen LogP contribution in [0.3, 0.4) is 0 Å². The van der Waals surface area contributed by atoms with Crippen molar-refractivity contribution >= 4 is 13.7 Å². The summed E-state index contributed by atoms with van der Waals surface area (Å²) in [5.41, 5.74) is 0.468. The molecule has 0 rings (SSSR count). The van der Waals surface area contributed by atoms with Crippen molar-refractivity contribution in [2.45, 2.75) is 206 Å². The Labute approximate surface area is 273 Å². The summed E-state index contributed by atoms with van der Waals surface area (Å²) in [4.78, 5) is 13.1. The summed E-state index contributed by atoms with van der Waals surface area (Å²) in [6.45, 7) is 6.31. The SMILES string of the molecule is CCCCCCCCCCCCCCCCCC[PH-](OCC[N+](C)(C)C)C(=O)CCCCCCCCCCCCCCC. The summed E-state index contributed by atoms with van der Waals surface area (Å²) in [7, 11) is 5.30. The fourth-order valence-electron chi connectivity index (χ4n) is 6.01. The molecular formula is C39H82NO2P. The van der Waals surface area contributed by atoms with Gasteiger partial charge in [-0.15, -0.1) is 0 Å². The van der Waals surface area contributed by atoms with Gasteiger partial charge in [-0.3, -0.25) is 0 Å². The fourth-order valence-corrected chi connectivity index (χ4v) is 7.96. The number of nitrogens with zero attached hydrogens (tertiary/aromatic N) is 1. The van der Waals surface area contributed by atoms with Crippen LogP contribution < -0.4 is 0 Å². The summed E-state index contributed by atoms with van der Waals surface area (Å²) in [6, 6.07) is 0. The van der Waals surface area contributed by atoms with Crippen LogP contribution in [0.5, 0.6) is 0 Å². The summed E-state index contributed by atoms with van der Waals surface area (Å²) in [5, 5.41) is 0. The van der Waals surface area contributed by atoms with Crippen LogP contribution in [0.1, 0.15) is 206 Å². The van der Waals surface area contributed by atoms with E-state index in [1.165, 1.54) is 180 Å². The van der Waals surface area contributed by atoms with Crippen LogP contribution in [-0.4, -0.2) is 50.5 Å². The second kappa shape index (κ2) is 33.4. The number of quaternary nitrogens is 1. The molecule has 0 heterocycles. The third-order valence-corrected chi connectivity index (χ3v) is 11.3. The molecule has 0 N–H and O–H groups in total. The second-order valence-electron chi connectivity index (χ2n) is 14.8. The van der Waals surface area contributed by atoms with E-state index in [2.05, 4.69) is 35.0 Å². The zero-order chi connectivity index (χ0) is 31.7. The third kappa shape index (κ3) is 34.7. The molecule has 0 aromatic carbocycles. The molecule has 260 valence electrons. The maximum atomic E-state index is 13.1. The summed E-state index contributed by atoms with van der Waals surface area (Å²) in [5.74, 6) is 0. The first kappa shape index (κ1) is 43.0. The zero-order valence-corrected chi connectivity index (χ0v) is 31.6. The van der Waals surface area contributed by atoms with E-state index in [1.54, 1.807) is 0 Å². The van der Waals surface area contributed by atoms with Crippen LogP contribution in [-0.2, 0) is 9.32 Å². The van der Waals surface area contributed by atoms with Crippen molar-refractivity contribution in [1.82, 2.24) is 0 Å². The first-order chi connectivity index (χ1) is 20.9. The zero-order valence-electron chi connectivity index (χ0n) is 30.6. The van der Waals surface area contributed by atoms with Crippen molar-refractivity contribution in [1.29, 1.82) is 0 Å². The molecule has 0 aliphatic carbocycles. The molecule has 0 bridgehead atoms. The van der Waals surface area contributed by atoms with Crippen LogP contribution in [0.4, 0.5) is 0 Å². The van der Waals surface area contributed by atoms with Gasteiger partial charge in [0.05, 0.1) is 0 Å². The van der Waals surface area contributed by atoms with E-state index in [0.717, 1.165) is 36.6 Å². The fraction of sp³-hybridized carbons (Fsp3) is 0.974. The molecule has 4 heteroatoms. The normalized spacial score (nSPS) is 13.1. The molecule has 3 nitrogen and oxygen atoms in total. The van der Waals surface area contributed by atoms with Crippen molar-refractivity contribution in [3.8, 4) is 0 Å². The van der Waals surface area contributed by atoms with E-state index in [0.29, 0.717) is 5.52 Å². The number of rotatable bonds is 36. The third-order valence-electron chi connectivity index (χ3n) is 9.11. The summed E-state index contributed by atoms with van der Waals surface area (Å²) < 4.78 is 7.21. The predicted octanol–water partition coefficient (Wildman–Crippen LogP) is 13.1. The van der Waals surface area contributed by atoms with Crippen molar-refractivity contribution in [2.24, 2.45) is 0 Å². The molecule has 0 spiro atoms.